The van der Waals surface area contributed by atoms with Crippen molar-refractivity contribution in [1.82, 2.24) is 24.1 Å². The minimum Gasteiger partial charge on any atom is -0.379 e. The van der Waals surface area contributed by atoms with Crippen LogP contribution < -0.4 is 0 Å². The Hall–Kier alpha value is -2.30. The first-order chi connectivity index (χ1) is 12.3. The van der Waals surface area contributed by atoms with Crippen molar-refractivity contribution in [1.29, 1.82) is 0 Å². The van der Waals surface area contributed by atoms with Crippen molar-refractivity contribution >= 4 is 20.9 Å². The number of nitrogens with one attached hydrogen (secondary N) is 1. The van der Waals surface area contributed by atoms with Crippen LogP contribution in [0.2, 0.25) is 0 Å². The number of benzene rings is 1. The predicted octanol–water partition coefficient (Wildman–Crippen LogP) is 1.43. The maximum absolute atomic E-state index is 14.5. The molecule has 1 aliphatic rings. The number of nitrogens with zero attached hydrogens (tertiary/aromatic N) is 4. The molecule has 0 radical (unpaired) electrons. The van der Waals surface area contributed by atoms with Gasteiger partial charge in [0.1, 0.15) is 17.2 Å². The van der Waals surface area contributed by atoms with Crippen LogP contribution in [0.25, 0.3) is 22.3 Å². The molecule has 3 heterocycles. The minimum atomic E-state index is -3.75. The third kappa shape index (κ3) is 2.52. The molecule has 10 heteroatoms. The predicted molar refractivity (Wildman–Crippen MR) is 92.5 cm³/mol. The molecular weight excluding hydrogens is 361 g/mol. The zero-order valence-electron chi connectivity index (χ0n) is 14.5. The van der Waals surface area contributed by atoms with Crippen molar-refractivity contribution in [2.75, 3.05) is 20.2 Å². The smallest absolute Gasteiger partial charge is 0.258 e. The van der Waals surface area contributed by atoms with E-state index in [9.17, 15) is 12.8 Å². The third-order valence-electron chi connectivity index (χ3n) is 4.63. The lowest BCUT2D eigenvalue weighted by Crippen LogP contribution is -2.54. The van der Waals surface area contributed by atoms with Crippen molar-refractivity contribution in [2.24, 2.45) is 7.05 Å². The zero-order valence-corrected chi connectivity index (χ0v) is 15.3. The number of methoxy groups -OCH3 is 1. The summed E-state index contributed by atoms with van der Waals surface area (Å²) >= 11 is 0. The quantitative estimate of drug-likeness (QED) is 0.740. The van der Waals surface area contributed by atoms with Crippen LogP contribution in [0.1, 0.15) is 5.56 Å². The third-order valence-corrected chi connectivity index (χ3v) is 6.38. The van der Waals surface area contributed by atoms with Crippen molar-refractivity contribution in [3.8, 4) is 11.4 Å². The lowest BCUT2D eigenvalue weighted by molar-refractivity contribution is 0.0124. The number of H-pyrrole nitrogens is 1. The molecule has 4 rings (SSSR count). The molecule has 1 fully saturated rings. The van der Waals surface area contributed by atoms with Crippen LogP contribution in [0.5, 0.6) is 0 Å². The molecular formula is C16H18FN5O3S. The number of hydrogen-bond donors (Lipinski definition) is 1. The van der Waals surface area contributed by atoms with Gasteiger partial charge < -0.3 is 9.72 Å². The second-order valence-electron chi connectivity index (χ2n) is 6.39. The molecule has 138 valence electrons. The number of ether oxygens (including phenoxy) is 1. The van der Waals surface area contributed by atoms with Gasteiger partial charge in [0.25, 0.3) is 10.0 Å². The number of hydrogen-bond acceptors (Lipinski definition) is 5. The molecule has 8 nitrogen and oxygen atoms in total. The summed E-state index contributed by atoms with van der Waals surface area (Å²) in [5, 5.41) is 4.66. The van der Waals surface area contributed by atoms with Crippen LogP contribution in [-0.2, 0) is 21.8 Å². The molecule has 0 amide bonds. The van der Waals surface area contributed by atoms with Crippen molar-refractivity contribution < 1.29 is 17.5 Å². The molecule has 26 heavy (non-hydrogen) atoms. The fourth-order valence-corrected chi connectivity index (χ4v) is 4.64. The highest BCUT2D eigenvalue weighted by Crippen LogP contribution is 2.34. The Balaban J connectivity index is 1.86. The topological polar surface area (TPSA) is 93.1 Å². The van der Waals surface area contributed by atoms with Gasteiger partial charge in [-0.1, -0.05) is 0 Å². The van der Waals surface area contributed by atoms with E-state index in [2.05, 4.69) is 15.1 Å². The number of aromatic nitrogens is 4. The van der Waals surface area contributed by atoms with E-state index < -0.39 is 15.8 Å². The maximum atomic E-state index is 14.5. The first-order valence-electron chi connectivity index (χ1n) is 8.02. The molecule has 3 aromatic rings. The van der Waals surface area contributed by atoms with E-state index in [1.807, 2.05) is 0 Å². The summed E-state index contributed by atoms with van der Waals surface area (Å²) in [7, 11) is -0.470. The average Bonchev–Trinajstić information content (AvgIpc) is 3.13. The second kappa shape index (κ2) is 5.86. The maximum Gasteiger partial charge on any atom is 0.258 e. The van der Waals surface area contributed by atoms with Crippen LogP contribution >= 0.6 is 0 Å². The average molecular weight is 379 g/mol. The summed E-state index contributed by atoms with van der Waals surface area (Å²) in [5.74, 6) is -0.0987. The first kappa shape index (κ1) is 17.1. The molecule has 0 saturated carbocycles. The first-order valence-corrected chi connectivity index (χ1v) is 9.46. The Morgan fingerprint density at radius 2 is 2.08 bits per heavy atom. The Morgan fingerprint density at radius 3 is 2.69 bits per heavy atom. The van der Waals surface area contributed by atoms with Crippen molar-refractivity contribution in [2.45, 2.75) is 18.1 Å². The Kier molecular flexibility index (Phi) is 3.86. The van der Waals surface area contributed by atoms with E-state index in [4.69, 9.17) is 4.74 Å². The fourth-order valence-electron chi connectivity index (χ4n) is 3.14. The molecule has 2 aromatic heterocycles. The Labute approximate surface area is 149 Å². The zero-order chi connectivity index (χ0) is 18.6. The molecule has 1 aromatic carbocycles. The van der Waals surface area contributed by atoms with Gasteiger partial charge in [-0.3, -0.25) is 4.68 Å². The fraction of sp³-hybridized carbons (Fsp3) is 0.375. The van der Waals surface area contributed by atoms with E-state index >= 15 is 0 Å². The number of halogens is 1. The summed E-state index contributed by atoms with van der Waals surface area (Å²) in [6.45, 7) is 2.31. The molecule has 0 unspecified atom stereocenters. The van der Waals surface area contributed by atoms with E-state index in [-0.39, 0.29) is 29.7 Å². The molecule has 0 atom stereocenters. The number of aryl methyl sites for hydroxylation is 2. The van der Waals surface area contributed by atoms with Gasteiger partial charge in [0.15, 0.2) is 5.82 Å². The minimum absolute atomic E-state index is 0.0521. The monoisotopic (exact) mass is 379 g/mol. The van der Waals surface area contributed by atoms with Crippen LogP contribution in [0.4, 0.5) is 4.39 Å². The van der Waals surface area contributed by atoms with E-state index in [1.165, 1.54) is 16.4 Å². The van der Waals surface area contributed by atoms with Crippen molar-refractivity contribution in [3.05, 3.63) is 29.8 Å². The van der Waals surface area contributed by atoms with Gasteiger partial charge in [-0.05, 0) is 24.6 Å². The summed E-state index contributed by atoms with van der Waals surface area (Å²) in [6.07, 6.45) is 1.43. The number of rotatable bonds is 4. The largest absolute Gasteiger partial charge is 0.379 e. The van der Waals surface area contributed by atoms with Gasteiger partial charge in [-0.2, -0.15) is 9.40 Å². The Morgan fingerprint density at radius 1 is 1.35 bits per heavy atom. The van der Waals surface area contributed by atoms with Crippen LogP contribution in [0.3, 0.4) is 0 Å². The molecule has 1 saturated heterocycles. The molecule has 0 aliphatic carbocycles. The standard InChI is InChI=1S/C16H18FN5O3S/c1-9-4-12(17)15-11(14(9)16-18-8-21(2)20-16)5-13(19-15)26(23,24)22-6-10(7-22)25-3/h4-5,8,10,19H,6-7H2,1-3H3. The van der Waals surface area contributed by atoms with E-state index in [0.717, 1.165) is 0 Å². The highest BCUT2D eigenvalue weighted by atomic mass is 32.2. The highest BCUT2D eigenvalue weighted by molar-refractivity contribution is 7.89. The highest BCUT2D eigenvalue weighted by Gasteiger charge is 2.38. The molecule has 0 spiro atoms. The van der Waals surface area contributed by atoms with Crippen LogP contribution in [0.15, 0.2) is 23.5 Å². The van der Waals surface area contributed by atoms with Gasteiger partial charge in [0, 0.05) is 38.2 Å². The van der Waals surface area contributed by atoms with Crippen LogP contribution in [-0.4, -0.2) is 58.8 Å². The molecule has 0 bridgehead atoms. The second-order valence-corrected chi connectivity index (χ2v) is 8.30. The van der Waals surface area contributed by atoms with Crippen LogP contribution in [0, 0.1) is 12.7 Å². The van der Waals surface area contributed by atoms with Gasteiger partial charge in [-0.25, -0.2) is 17.8 Å². The SMILES string of the molecule is COC1CN(S(=O)(=O)c2cc3c(-c4ncn(C)n4)c(C)cc(F)c3[nH]2)C1. The lowest BCUT2D eigenvalue weighted by Gasteiger charge is -2.36. The van der Waals surface area contributed by atoms with E-state index in [1.54, 1.807) is 32.1 Å². The number of fused-ring (bicyclic) bond motifs is 1. The summed E-state index contributed by atoms with van der Waals surface area (Å²) in [5.41, 5.74) is 1.37. The van der Waals surface area contributed by atoms with Gasteiger partial charge in [0.05, 0.1) is 11.6 Å². The summed E-state index contributed by atoms with van der Waals surface area (Å²) in [6, 6.07) is 2.80. The van der Waals surface area contributed by atoms with Gasteiger partial charge in [-0.15, -0.1) is 0 Å². The molecule has 1 N–H and O–H groups in total. The normalized spacial score (nSPS) is 16.3. The Bertz CT molecular complexity index is 1100. The number of aromatic amines is 1. The van der Waals surface area contributed by atoms with Gasteiger partial charge >= 0.3 is 0 Å². The summed E-state index contributed by atoms with van der Waals surface area (Å²) in [4.78, 5) is 6.94. The molecule has 1 aliphatic heterocycles. The summed E-state index contributed by atoms with van der Waals surface area (Å²) < 4.78 is 48.0. The number of sulfonamides is 1. The van der Waals surface area contributed by atoms with Crippen molar-refractivity contribution in [3.63, 3.8) is 0 Å². The van der Waals surface area contributed by atoms with Gasteiger partial charge in [0.2, 0.25) is 0 Å². The van der Waals surface area contributed by atoms with E-state index in [0.29, 0.717) is 22.3 Å². The lowest BCUT2D eigenvalue weighted by atomic mass is 10.0.